The fourth-order valence-electron chi connectivity index (χ4n) is 2.53. The Hall–Kier alpha value is -1.79. The van der Waals surface area contributed by atoms with E-state index >= 15 is 0 Å². The van der Waals surface area contributed by atoms with Crippen LogP contribution in [0.25, 0.3) is 11.4 Å². The summed E-state index contributed by atoms with van der Waals surface area (Å²) in [6, 6.07) is 9.82. The number of nitrogens with zero attached hydrogens (tertiary/aromatic N) is 3. The normalized spacial score (nSPS) is 16.5. The van der Waals surface area contributed by atoms with E-state index in [0.717, 1.165) is 43.2 Å². The van der Waals surface area contributed by atoms with Crippen molar-refractivity contribution in [1.29, 1.82) is 0 Å². The first-order valence-corrected chi connectivity index (χ1v) is 9.01. The quantitative estimate of drug-likeness (QED) is 0.861. The molecule has 1 atom stereocenters. The van der Waals surface area contributed by atoms with Crippen molar-refractivity contribution < 1.29 is 8.95 Å². The molecule has 0 spiro atoms. The van der Waals surface area contributed by atoms with Crippen LogP contribution in [0.15, 0.2) is 36.5 Å². The van der Waals surface area contributed by atoms with Crippen molar-refractivity contribution in [2.45, 2.75) is 5.75 Å². The number of rotatable bonds is 4. The van der Waals surface area contributed by atoms with Crippen molar-refractivity contribution >= 4 is 16.6 Å². The van der Waals surface area contributed by atoms with Gasteiger partial charge in [0.05, 0.1) is 13.2 Å². The van der Waals surface area contributed by atoms with Gasteiger partial charge in [-0.15, -0.1) is 0 Å². The van der Waals surface area contributed by atoms with Crippen molar-refractivity contribution in [2.24, 2.45) is 0 Å². The molecule has 0 amide bonds. The predicted molar refractivity (Wildman–Crippen MR) is 88.3 cm³/mol. The predicted octanol–water partition coefficient (Wildman–Crippen LogP) is 1.86. The van der Waals surface area contributed by atoms with Gasteiger partial charge in [-0.2, -0.15) is 0 Å². The van der Waals surface area contributed by atoms with E-state index in [4.69, 9.17) is 9.72 Å². The molecule has 0 bridgehead atoms. The first kappa shape index (κ1) is 15.1. The number of ether oxygens (including phenoxy) is 1. The molecule has 1 aromatic carbocycles. The van der Waals surface area contributed by atoms with Crippen LogP contribution in [0.2, 0.25) is 0 Å². The third-order valence-electron chi connectivity index (χ3n) is 3.59. The monoisotopic (exact) mass is 317 g/mol. The Morgan fingerprint density at radius 3 is 2.77 bits per heavy atom. The molecule has 1 unspecified atom stereocenters. The highest BCUT2D eigenvalue weighted by Crippen LogP contribution is 2.23. The van der Waals surface area contributed by atoms with Crippen LogP contribution in [-0.2, 0) is 21.3 Å². The molecule has 1 fully saturated rings. The summed E-state index contributed by atoms with van der Waals surface area (Å²) < 4.78 is 16.9. The van der Waals surface area contributed by atoms with Gasteiger partial charge in [-0.3, -0.25) is 4.21 Å². The number of hydrogen-bond donors (Lipinski definition) is 0. The molecule has 1 aromatic heterocycles. The molecule has 2 aromatic rings. The van der Waals surface area contributed by atoms with E-state index in [9.17, 15) is 4.21 Å². The van der Waals surface area contributed by atoms with Crippen LogP contribution in [0.3, 0.4) is 0 Å². The van der Waals surface area contributed by atoms with Gasteiger partial charge in [0, 0.05) is 47.7 Å². The minimum atomic E-state index is -0.893. The zero-order valence-corrected chi connectivity index (χ0v) is 13.4. The van der Waals surface area contributed by atoms with E-state index in [1.807, 2.05) is 30.3 Å². The maximum absolute atomic E-state index is 11.6. The third kappa shape index (κ3) is 3.51. The van der Waals surface area contributed by atoms with Gasteiger partial charge in [-0.1, -0.05) is 24.3 Å². The topological polar surface area (TPSA) is 55.3 Å². The van der Waals surface area contributed by atoms with Crippen molar-refractivity contribution in [3.63, 3.8) is 0 Å². The Morgan fingerprint density at radius 2 is 2.00 bits per heavy atom. The second-order valence-electron chi connectivity index (χ2n) is 5.21. The SMILES string of the molecule is CS(=O)Cc1ccccc1-c1nccc(N2CCOCC2)n1. The van der Waals surface area contributed by atoms with Gasteiger partial charge in [0.15, 0.2) is 5.82 Å². The maximum Gasteiger partial charge on any atom is 0.161 e. The van der Waals surface area contributed by atoms with E-state index in [-0.39, 0.29) is 0 Å². The standard InChI is InChI=1S/C16H19N3O2S/c1-22(20)12-13-4-2-3-5-14(13)16-17-7-6-15(18-16)19-8-10-21-11-9-19/h2-7H,8-12H2,1H3. The van der Waals surface area contributed by atoms with Crippen LogP contribution in [0, 0.1) is 0 Å². The molecule has 5 nitrogen and oxygen atoms in total. The number of anilines is 1. The average Bonchev–Trinajstić information content (AvgIpc) is 2.56. The Bertz CT molecular complexity index is 672. The fraction of sp³-hybridized carbons (Fsp3) is 0.375. The lowest BCUT2D eigenvalue weighted by Gasteiger charge is -2.27. The molecule has 22 heavy (non-hydrogen) atoms. The fourth-order valence-corrected chi connectivity index (χ4v) is 3.22. The zero-order valence-electron chi connectivity index (χ0n) is 12.6. The second-order valence-corrected chi connectivity index (χ2v) is 6.65. The summed E-state index contributed by atoms with van der Waals surface area (Å²) in [5.74, 6) is 2.12. The largest absolute Gasteiger partial charge is 0.378 e. The van der Waals surface area contributed by atoms with Gasteiger partial charge in [0.2, 0.25) is 0 Å². The zero-order chi connectivity index (χ0) is 15.4. The minimum absolute atomic E-state index is 0.515. The van der Waals surface area contributed by atoms with Crippen molar-refractivity contribution in [3.05, 3.63) is 42.1 Å². The first-order valence-electron chi connectivity index (χ1n) is 7.28. The van der Waals surface area contributed by atoms with Crippen molar-refractivity contribution in [3.8, 4) is 11.4 Å². The van der Waals surface area contributed by atoms with E-state index in [0.29, 0.717) is 11.6 Å². The summed E-state index contributed by atoms with van der Waals surface area (Å²) in [5.41, 5.74) is 1.97. The van der Waals surface area contributed by atoms with Gasteiger partial charge < -0.3 is 9.64 Å². The molecule has 2 heterocycles. The molecule has 1 saturated heterocycles. The molecule has 1 aliphatic rings. The molecule has 0 N–H and O–H groups in total. The van der Waals surface area contributed by atoms with E-state index in [2.05, 4.69) is 9.88 Å². The molecular formula is C16H19N3O2S. The van der Waals surface area contributed by atoms with Gasteiger partial charge in [0.1, 0.15) is 5.82 Å². The lowest BCUT2D eigenvalue weighted by molar-refractivity contribution is 0.122. The first-order chi connectivity index (χ1) is 10.7. The summed E-state index contributed by atoms with van der Waals surface area (Å²) in [7, 11) is -0.893. The Kier molecular flexibility index (Phi) is 4.80. The smallest absolute Gasteiger partial charge is 0.161 e. The highest BCUT2D eigenvalue weighted by Gasteiger charge is 2.15. The summed E-state index contributed by atoms with van der Waals surface area (Å²) >= 11 is 0. The lowest BCUT2D eigenvalue weighted by Crippen LogP contribution is -2.36. The summed E-state index contributed by atoms with van der Waals surface area (Å²) in [5, 5.41) is 0. The number of aromatic nitrogens is 2. The molecule has 1 aliphatic heterocycles. The van der Waals surface area contributed by atoms with Gasteiger partial charge in [-0.05, 0) is 11.6 Å². The summed E-state index contributed by atoms with van der Waals surface area (Å²) in [6.45, 7) is 3.14. The molecular weight excluding hydrogens is 298 g/mol. The lowest BCUT2D eigenvalue weighted by atomic mass is 10.1. The third-order valence-corrected chi connectivity index (χ3v) is 4.31. The Morgan fingerprint density at radius 1 is 1.23 bits per heavy atom. The van der Waals surface area contributed by atoms with Crippen LogP contribution in [0.4, 0.5) is 5.82 Å². The number of hydrogen-bond acceptors (Lipinski definition) is 5. The number of benzene rings is 1. The van der Waals surface area contributed by atoms with Crippen molar-refractivity contribution in [1.82, 2.24) is 9.97 Å². The minimum Gasteiger partial charge on any atom is -0.378 e. The average molecular weight is 317 g/mol. The summed E-state index contributed by atoms with van der Waals surface area (Å²) in [4.78, 5) is 11.3. The van der Waals surface area contributed by atoms with Gasteiger partial charge in [-0.25, -0.2) is 9.97 Å². The van der Waals surface area contributed by atoms with Crippen LogP contribution in [0.5, 0.6) is 0 Å². The van der Waals surface area contributed by atoms with Crippen LogP contribution >= 0.6 is 0 Å². The molecule has 6 heteroatoms. The van der Waals surface area contributed by atoms with E-state index in [1.165, 1.54) is 0 Å². The van der Waals surface area contributed by atoms with Crippen LogP contribution in [-0.4, -0.2) is 46.7 Å². The van der Waals surface area contributed by atoms with Gasteiger partial charge in [0.25, 0.3) is 0 Å². The molecule has 116 valence electrons. The number of morpholine rings is 1. The van der Waals surface area contributed by atoms with Crippen LogP contribution < -0.4 is 4.90 Å². The highest BCUT2D eigenvalue weighted by molar-refractivity contribution is 7.83. The highest BCUT2D eigenvalue weighted by atomic mass is 32.2. The second kappa shape index (κ2) is 6.98. The van der Waals surface area contributed by atoms with Crippen LogP contribution in [0.1, 0.15) is 5.56 Å². The Labute approximate surface area is 132 Å². The van der Waals surface area contributed by atoms with Crippen molar-refractivity contribution in [2.75, 3.05) is 37.5 Å². The molecule has 0 saturated carbocycles. The Balaban J connectivity index is 1.93. The molecule has 0 radical (unpaired) electrons. The molecule has 3 rings (SSSR count). The summed E-state index contributed by atoms with van der Waals surface area (Å²) in [6.07, 6.45) is 3.49. The maximum atomic E-state index is 11.6. The molecule has 0 aliphatic carbocycles. The van der Waals surface area contributed by atoms with Gasteiger partial charge >= 0.3 is 0 Å². The van der Waals surface area contributed by atoms with E-state index < -0.39 is 10.8 Å². The van der Waals surface area contributed by atoms with E-state index in [1.54, 1.807) is 12.5 Å².